The summed E-state index contributed by atoms with van der Waals surface area (Å²) in [4.78, 5) is 38.5. The number of rotatable bonds is 5. The number of benzene rings is 2. The van der Waals surface area contributed by atoms with E-state index in [2.05, 4.69) is 10.4 Å². The van der Waals surface area contributed by atoms with E-state index in [1.165, 1.54) is 6.07 Å². The lowest BCUT2D eigenvalue weighted by molar-refractivity contribution is 0.226. The van der Waals surface area contributed by atoms with Crippen molar-refractivity contribution in [3.8, 4) is 5.75 Å². The molecule has 1 aliphatic heterocycles. The maximum absolute atomic E-state index is 12.9. The lowest BCUT2D eigenvalue weighted by Gasteiger charge is -2.33. The third kappa shape index (κ3) is 4.08. The molecule has 31 heavy (non-hydrogen) atoms. The maximum atomic E-state index is 12.9. The Bertz CT molecular complexity index is 1230. The lowest BCUT2D eigenvalue weighted by atomic mass is 9.84. The molecule has 2 unspecified atom stereocenters. The zero-order chi connectivity index (χ0) is 22.1. The van der Waals surface area contributed by atoms with Gasteiger partial charge in [-0.2, -0.15) is 4.91 Å². The number of phenolic OH excluding ortho intramolecular Hbond substituents is 1. The van der Waals surface area contributed by atoms with Gasteiger partial charge < -0.3 is 14.4 Å². The molecule has 0 radical (unpaired) electrons. The van der Waals surface area contributed by atoms with Crippen LogP contribution in [0.3, 0.4) is 0 Å². The number of nitrogens with zero attached hydrogens (tertiary/aromatic N) is 3. The van der Waals surface area contributed by atoms with Crippen LogP contribution < -0.4 is 5.43 Å². The second-order valence-corrected chi connectivity index (χ2v) is 8.87. The second-order valence-electron chi connectivity index (χ2n) is 7.42. The summed E-state index contributed by atoms with van der Waals surface area (Å²) in [5.74, 6) is -0.728. The van der Waals surface area contributed by atoms with Crippen LogP contribution in [0.5, 0.6) is 5.75 Å². The molecule has 160 valence electrons. The van der Waals surface area contributed by atoms with Gasteiger partial charge in [0.15, 0.2) is 10.5 Å². The highest BCUT2D eigenvalue weighted by Gasteiger charge is 2.35. The molecular formula is C21H18ClN3O5S. The number of hydrogen-bond donors (Lipinski definition) is 1. The molecule has 1 saturated heterocycles. The van der Waals surface area contributed by atoms with Crippen molar-refractivity contribution in [1.82, 2.24) is 4.90 Å². The quantitative estimate of drug-likeness (QED) is 0.518. The molecule has 10 heteroatoms. The summed E-state index contributed by atoms with van der Waals surface area (Å²) in [6.45, 7) is 1.07. The Balaban J connectivity index is 1.93. The van der Waals surface area contributed by atoms with E-state index in [-0.39, 0.29) is 27.5 Å². The number of halogens is 1. The average molecular weight is 460 g/mol. The molecule has 2 aromatic carbocycles. The molecule has 1 aromatic heterocycles. The SMILES string of the molecule is CN1CCC(c2c(O)cc(N=O)c3c(=O)cc(Sc4ccccc4Cl)oc23)C(N=O)C1. The van der Waals surface area contributed by atoms with Gasteiger partial charge in [0, 0.05) is 35.1 Å². The van der Waals surface area contributed by atoms with E-state index < -0.39 is 17.4 Å². The van der Waals surface area contributed by atoms with Gasteiger partial charge in [0.25, 0.3) is 0 Å². The Kier molecular flexibility index (Phi) is 6.08. The molecule has 0 bridgehead atoms. The standard InChI is InChI=1S/C21H18ClN3O5S/c1-25-7-6-11(14(10-25)24-29)19-15(26)8-13(23-28)20-16(27)9-18(30-21(19)20)31-17-5-3-2-4-12(17)22/h2-5,8-9,11,14,26H,6-7,10H2,1H3. The van der Waals surface area contributed by atoms with Crippen LogP contribution in [0, 0.1) is 9.81 Å². The van der Waals surface area contributed by atoms with E-state index in [0.717, 1.165) is 17.8 Å². The number of likely N-dealkylation sites (tertiary alicyclic amines) is 1. The predicted octanol–water partition coefficient (Wildman–Crippen LogP) is 5.26. The molecule has 1 fully saturated rings. The lowest BCUT2D eigenvalue weighted by Crippen LogP contribution is -2.39. The summed E-state index contributed by atoms with van der Waals surface area (Å²) in [5, 5.41) is 17.5. The van der Waals surface area contributed by atoms with Gasteiger partial charge in [-0.05, 0) is 37.3 Å². The van der Waals surface area contributed by atoms with E-state index >= 15 is 0 Å². The highest BCUT2D eigenvalue weighted by molar-refractivity contribution is 7.99. The summed E-state index contributed by atoms with van der Waals surface area (Å²) in [6, 6.07) is 8.84. The predicted molar refractivity (Wildman–Crippen MR) is 120 cm³/mol. The van der Waals surface area contributed by atoms with Crippen molar-refractivity contribution in [2.75, 3.05) is 20.1 Å². The van der Waals surface area contributed by atoms with Gasteiger partial charge in [-0.15, -0.1) is 4.91 Å². The monoisotopic (exact) mass is 459 g/mol. The topological polar surface area (TPSA) is 113 Å². The van der Waals surface area contributed by atoms with E-state index in [1.54, 1.807) is 24.3 Å². The van der Waals surface area contributed by atoms with Crippen LogP contribution in [0.4, 0.5) is 5.69 Å². The van der Waals surface area contributed by atoms with E-state index in [9.17, 15) is 19.7 Å². The number of fused-ring (bicyclic) bond motifs is 1. The fraction of sp³-hybridized carbons (Fsp3) is 0.286. The van der Waals surface area contributed by atoms with Crippen molar-refractivity contribution in [2.24, 2.45) is 10.4 Å². The fourth-order valence-corrected chi connectivity index (χ4v) is 5.02. The smallest absolute Gasteiger partial charge is 0.196 e. The van der Waals surface area contributed by atoms with Crippen LogP contribution in [0.15, 0.2) is 66.0 Å². The number of aromatic hydroxyl groups is 1. The number of hydrogen-bond acceptors (Lipinski definition) is 9. The minimum atomic E-state index is -0.645. The van der Waals surface area contributed by atoms with E-state index in [1.807, 2.05) is 11.9 Å². The molecule has 0 aliphatic carbocycles. The van der Waals surface area contributed by atoms with Gasteiger partial charge in [-0.25, -0.2) is 0 Å². The van der Waals surface area contributed by atoms with Gasteiger partial charge in [-0.1, -0.05) is 40.7 Å². The summed E-state index contributed by atoms with van der Waals surface area (Å²) >= 11 is 7.36. The van der Waals surface area contributed by atoms with Gasteiger partial charge in [0.05, 0.1) is 10.4 Å². The van der Waals surface area contributed by atoms with E-state index in [4.69, 9.17) is 16.0 Å². The maximum Gasteiger partial charge on any atom is 0.196 e. The first kappa shape index (κ1) is 21.5. The van der Waals surface area contributed by atoms with Crippen LogP contribution in [0.1, 0.15) is 17.9 Å². The normalized spacial score (nSPS) is 19.4. The Labute approximate surface area is 186 Å². The molecular weight excluding hydrogens is 442 g/mol. The highest BCUT2D eigenvalue weighted by Crippen LogP contribution is 2.44. The van der Waals surface area contributed by atoms with Gasteiger partial charge in [0.1, 0.15) is 23.1 Å². The van der Waals surface area contributed by atoms with Gasteiger partial charge in [-0.3, -0.25) is 4.79 Å². The molecule has 0 saturated carbocycles. The second kappa shape index (κ2) is 8.78. The van der Waals surface area contributed by atoms with Crippen molar-refractivity contribution in [1.29, 1.82) is 0 Å². The van der Waals surface area contributed by atoms with Crippen molar-refractivity contribution in [3.63, 3.8) is 0 Å². The van der Waals surface area contributed by atoms with Crippen LogP contribution in [-0.2, 0) is 0 Å². The Morgan fingerprint density at radius 1 is 1.26 bits per heavy atom. The third-order valence-corrected chi connectivity index (χ3v) is 6.83. The van der Waals surface area contributed by atoms with Crippen molar-refractivity contribution < 1.29 is 9.52 Å². The Hall–Kier alpha value is -2.75. The fourth-order valence-electron chi connectivity index (χ4n) is 3.95. The Morgan fingerprint density at radius 3 is 2.74 bits per heavy atom. The first-order valence-corrected chi connectivity index (χ1v) is 10.7. The van der Waals surface area contributed by atoms with E-state index in [0.29, 0.717) is 35.0 Å². The molecule has 8 nitrogen and oxygen atoms in total. The number of phenols is 1. The molecule has 3 aromatic rings. The van der Waals surface area contributed by atoms with Crippen molar-refractivity contribution in [2.45, 2.75) is 28.4 Å². The molecule has 0 amide bonds. The largest absolute Gasteiger partial charge is 0.507 e. The third-order valence-electron chi connectivity index (χ3n) is 5.41. The zero-order valence-electron chi connectivity index (χ0n) is 16.4. The molecule has 2 heterocycles. The van der Waals surface area contributed by atoms with Gasteiger partial charge >= 0.3 is 0 Å². The molecule has 2 atom stereocenters. The molecule has 1 aliphatic rings. The minimum absolute atomic E-state index is 0.0325. The van der Waals surface area contributed by atoms with Gasteiger partial charge in [0.2, 0.25) is 0 Å². The van der Waals surface area contributed by atoms with Crippen LogP contribution in [0.25, 0.3) is 11.0 Å². The zero-order valence-corrected chi connectivity index (χ0v) is 18.0. The summed E-state index contributed by atoms with van der Waals surface area (Å²) < 4.78 is 6.02. The number of likely N-dealkylation sites (N-methyl/N-ethyl adjacent to an activating group) is 1. The highest BCUT2D eigenvalue weighted by atomic mass is 35.5. The summed E-state index contributed by atoms with van der Waals surface area (Å²) in [7, 11) is 1.88. The summed E-state index contributed by atoms with van der Waals surface area (Å²) in [5.41, 5.74) is -0.364. The van der Waals surface area contributed by atoms with Crippen LogP contribution in [-0.4, -0.2) is 36.2 Å². The van der Waals surface area contributed by atoms with Crippen LogP contribution >= 0.6 is 23.4 Å². The molecule has 1 N–H and O–H groups in total. The number of piperidine rings is 1. The van der Waals surface area contributed by atoms with Crippen LogP contribution in [0.2, 0.25) is 5.02 Å². The Morgan fingerprint density at radius 2 is 2.03 bits per heavy atom. The molecule has 0 spiro atoms. The first-order chi connectivity index (χ1) is 14.9. The molecule has 4 rings (SSSR count). The minimum Gasteiger partial charge on any atom is -0.507 e. The first-order valence-electron chi connectivity index (χ1n) is 9.53. The average Bonchev–Trinajstić information content (AvgIpc) is 2.75. The number of nitroso groups, excluding NO2 is 2. The van der Waals surface area contributed by atoms with Crippen molar-refractivity contribution in [3.05, 3.63) is 67.0 Å². The summed E-state index contributed by atoms with van der Waals surface area (Å²) in [6.07, 6.45) is 0.523. The van der Waals surface area contributed by atoms with Crippen molar-refractivity contribution >= 4 is 40.0 Å².